The number of amides is 1. The Morgan fingerprint density at radius 3 is 2.70 bits per heavy atom. The maximum absolute atomic E-state index is 13.3. The summed E-state index contributed by atoms with van der Waals surface area (Å²) in [6, 6.07) is 9.13. The van der Waals surface area contributed by atoms with Crippen LogP contribution in [-0.2, 0) is 14.3 Å². The SMILES string of the molecule is CCCCOc1cccc(/C(O)=C2\C(=O)C(=O)N(c3nc(C)c(C(=O)OCC)s3)C2c2cccnc2)c1. The zero-order valence-corrected chi connectivity index (χ0v) is 21.6. The molecule has 10 heteroatoms. The number of carbonyl (C=O) groups is 3. The van der Waals surface area contributed by atoms with Gasteiger partial charge in [-0.15, -0.1) is 0 Å². The smallest absolute Gasteiger partial charge is 0.350 e. The Kier molecular flexibility index (Phi) is 7.98. The number of unbranched alkanes of at least 4 members (excludes halogenated alkanes) is 1. The molecule has 192 valence electrons. The lowest BCUT2D eigenvalue weighted by Crippen LogP contribution is -2.29. The summed E-state index contributed by atoms with van der Waals surface area (Å²) < 4.78 is 10.8. The van der Waals surface area contributed by atoms with Crippen LogP contribution in [0.3, 0.4) is 0 Å². The molecule has 1 aliphatic heterocycles. The summed E-state index contributed by atoms with van der Waals surface area (Å²) in [5.41, 5.74) is 1.11. The number of aliphatic hydroxyl groups excluding tert-OH is 1. The van der Waals surface area contributed by atoms with E-state index < -0.39 is 23.7 Å². The van der Waals surface area contributed by atoms with Gasteiger partial charge >= 0.3 is 11.9 Å². The number of benzene rings is 1. The van der Waals surface area contributed by atoms with Gasteiger partial charge in [0.15, 0.2) is 5.13 Å². The number of hydrogen-bond donors (Lipinski definition) is 1. The highest BCUT2D eigenvalue weighted by molar-refractivity contribution is 7.17. The van der Waals surface area contributed by atoms with Crippen LogP contribution in [0.4, 0.5) is 5.13 Å². The normalized spacial score (nSPS) is 16.7. The van der Waals surface area contributed by atoms with E-state index >= 15 is 0 Å². The molecular formula is C27H27N3O6S. The molecule has 1 unspecified atom stereocenters. The highest BCUT2D eigenvalue weighted by atomic mass is 32.1. The van der Waals surface area contributed by atoms with Crippen LogP contribution in [-0.4, -0.2) is 45.9 Å². The van der Waals surface area contributed by atoms with Gasteiger partial charge in [-0.25, -0.2) is 9.78 Å². The summed E-state index contributed by atoms with van der Waals surface area (Å²) in [5.74, 6) is -2.09. The van der Waals surface area contributed by atoms with E-state index in [2.05, 4.69) is 16.9 Å². The third-order valence-corrected chi connectivity index (χ3v) is 6.91. The van der Waals surface area contributed by atoms with Gasteiger partial charge in [-0.05, 0) is 44.0 Å². The quantitative estimate of drug-likeness (QED) is 0.140. The lowest BCUT2D eigenvalue weighted by atomic mass is 9.96. The first-order chi connectivity index (χ1) is 17.9. The fourth-order valence-corrected chi connectivity index (χ4v) is 4.96. The fourth-order valence-electron chi connectivity index (χ4n) is 3.98. The molecule has 0 saturated carbocycles. The van der Waals surface area contributed by atoms with Crippen LogP contribution in [0.15, 0.2) is 54.4 Å². The number of ether oxygens (including phenoxy) is 2. The summed E-state index contributed by atoms with van der Waals surface area (Å²) in [6.07, 6.45) is 4.94. The molecule has 4 rings (SSSR count). The molecule has 1 aromatic carbocycles. The number of aliphatic hydroxyl groups is 1. The van der Waals surface area contributed by atoms with E-state index in [0.717, 1.165) is 24.2 Å². The van der Waals surface area contributed by atoms with Crippen LogP contribution in [0.5, 0.6) is 5.75 Å². The van der Waals surface area contributed by atoms with Crippen molar-refractivity contribution in [3.8, 4) is 5.75 Å². The predicted molar refractivity (Wildman–Crippen MR) is 139 cm³/mol. The number of hydrogen-bond acceptors (Lipinski definition) is 9. The summed E-state index contributed by atoms with van der Waals surface area (Å²) in [5, 5.41) is 11.5. The number of ketones is 1. The van der Waals surface area contributed by atoms with Crippen LogP contribution in [0.2, 0.25) is 0 Å². The van der Waals surface area contributed by atoms with Gasteiger partial charge in [-0.3, -0.25) is 19.5 Å². The molecule has 0 radical (unpaired) electrons. The first kappa shape index (κ1) is 26.0. The van der Waals surface area contributed by atoms with E-state index in [1.54, 1.807) is 56.4 Å². The Hall–Kier alpha value is -4.05. The number of aryl methyl sites for hydroxylation is 1. The molecule has 3 aromatic rings. The van der Waals surface area contributed by atoms with Gasteiger partial charge in [-0.2, -0.15) is 0 Å². The standard InChI is InChI=1S/C27H27N3O6S/c1-4-6-13-36-19-11-7-9-17(14-19)22(31)20-21(18-10-8-12-28-15-18)30(25(33)23(20)32)27-29-16(3)24(37-27)26(34)35-5-2/h7-12,14-15,21,31H,4-6,13H2,1-3H3/b22-20+. The highest BCUT2D eigenvalue weighted by Crippen LogP contribution is 2.43. The van der Waals surface area contributed by atoms with Crippen LogP contribution < -0.4 is 9.64 Å². The van der Waals surface area contributed by atoms with Gasteiger partial charge in [0.05, 0.1) is 30.5 Å². The molecule has 0 bridgehead atoms. The zero-order chi connectivity index (χ0) is 26.5. The van der Waals surface area contributed by atoms with Crippen LogP contribution >= 0.6 is 11.3 Å². The zero-order valence-electron chi connectivity index (χ0n) is 20.8. The van der Waals surface area contributed by atoms with E-state index in [1.807, 2.05) is 0 Å². The Morgan fingerprint density at radius 1 is 1.19 bits per heavy atom. The molecule has 1 fully saturated rings. The minimum atomic E-state index is -1.00. The first-order valence-electron chi connectivity index (χ1n) is 12.0. The van der Waals surface area contributed by atoms with Crippen molar-refractivity contribution in [1.82, 2.24) is 9.97 Å². The van der Waals surface area contributed by atoms with Crippen molar-refractivity contribution in [3.05, 3.63) is 76.1 Å². The van der Waals surface area contributed by atoms with Crippen LogP contribution in [0, 0.1) is 6.92 Å². The molecule has 1 aliphatic rings. The Balaban J connectivity index is 1.82. The van der Waals surface area contributed by atoms with E-state index in [9.17, 15) is 19.5 Å². The topological polar surface area (TPSA) is 119 Å². The lowest BCUT2D eigenvalue weighted by molar-refractivity contribution is -0.132. The van der Waals surface area contributed by atoms with Crippen molar-refractivity contribution >= 4 is 39.9 Å². The number of esters is 1. The van der Waals surface area contributed by atoms with Crippen molar-refractivity contribution in [2.24, 2.45) is 0 Å². The Morgan fingerprint density at radius 2 is 2.00 bits per heavy atom. The minimum absolute atomic E-state index is 0.103. The molecule has 37 heavy (non-hydrogen) atoms. The summed E-state index contributed by atoms with van der Waals surface area (Å²) in [4.78, 5) is 49.0. The van der Waals surface area contributed by atoms with E-state index in [0.29, 0.717) is 29.2 Å². The second kappa shape index (κ2) is 11.3. The maximum atomic E-state index is 13.3. The lowest BCUT2D eigenvalue weighted by Gasteiger charge is -2.22. The van der Waals surface area contributed by atoms with Crippen LogP contribution in [0.25, 0.3) is 5.76 Å². The van der Waals surface area contributed by atoms with Gasteiger partial charge in [0.1, 0.15) is 16.4 Å². The third-order valence-electron chi connectivity index (χ3n) is 5.77. The minimum Gasteiger partial charge on any atom is -0.507 e. The molecule has 0 spiro atoms. The number of Topliss-reactive ketones (excluding diaryl/α,β-unsaturated/α-hetero) is 1. The average Bonchev–Trinajstić information content (AvgIpc) is 3.41. The molecule has 1 saturated heterocycles. The number of pyridine rings is 1. The molecule has 1 amide bonds. The monoisotopic (exact) mass is 521 g/mol. The highest BCUT2D eigenvalue weighted by Gasteiger charge is 2.48. The number of nitrogens with zero attached hydrogens (tertiary/aromatic N) is 3. The number of thiazole rings is 1. The van der Waals surface area contributed by atoms with Gasteiger partial charge in [0.2, 0.25) is 0 Å². The van der Waals surface area contributed by atoms with Gasteiger partial charge < -0.3 is 14.6 Å². The maximum Gasteiger partial charge on any atom is 0.350 e. The van der Waals surface area contributed by atoms with Gasteiger partial charge in [0.25, 0.3) is 5.78 Å². The summed E-state index contributed by atoms with van der Waals surface area (Å²) >= 11 is 0.955. The number of aromatic nitrogens is 2. The van der Waals surface area contributed by atoms with E-state index in [4.69, 9.17) is 9.47 Å². The Bertz CT molecular complexity index is 1350. The average molecular weight is 522 g/mol. The molecule has 1 N–H and O–H groups in total. The van der Waals surface area contributed by atoms with Crippen molar-refractivity contribution in [2.45, 2.75) is 39.7 Å². The van der Waals surface area contributed by atoms with E-state index in [1.165, 1.54) is 11.1 Å². The molecule has 3 heterocycles. The molecule has 0 aliphatic carbocycles. The number of anilines is 1. The molecule has 9 nitrogen and oxygen atoms in total. The second-order valence-electron chi connectivity index (χ2n) is 8.32. The van der Waals surface area contributed by atoms with Crippen LogP contribution in [0.1, 0.15) is 59.2 Å². The molecule has 1 atom stereocenters. The van der Waals surface area contributed by atoms with Gasteiger partial charge in [-0.1, -0.05) is 42.9 Å². The van der Waals surface area contributed by atoms with Crippen molar-refractivity contribution in [2.75, 3.05) is 18.1 Å². The Labute approximate surface area is 218 Å². The number of carbonyl (C=O) groups excluding carboxylic acids is 3. The van der Waals surface area contributed by atoms with E-state index in [-0.39, 0.29) is 27.9 Å². The first-order valence-corrected chi connectivity index (χ1v) is 12.8. The molecule has 2 aromatic heterocycles. The predicted octanol–water partition coefficient (Wildman–Crippen LogP) is 4.83. The fraction of sp³-hybridized carbons (Fsp3) is 0.296. The third kappa shape index (κ3) is 5.24. The van der Waals surface area contributed by atoms with Crippen molar-refractivity contribution in [3.63, 3.8) is 0 Å². The number of rotatable bonds is 9. The van der Waals surface area contributed by atoms with Crippen molar-refractivity contribution < 1.29 is 29.0 Å². The largest absolute Gasteiger partial charge is 0.507 e. The summed E-state index contributed by atoms with van der Waals surface area (Å²) in [7, 11) is 0. The summed E-state index contributed by atoms with van der Waals surface area (Å²) in [6.45, 7) is 6.09. The molecular weight excluding hydrogens is 494 g/mol. The second-order valence-corrected chi connectivity index (χ2v) is 9.29. The van der Waals surface area contributed by atoms with Gasteiger partial charge in [0, 0.05) is 18.0 Å². The van der Waals surface area contributed by atoms with Crippen molar-refractivity contribution in [1.29, 1.82) is 0 Å².